The molecule has 0 aliphatic carbocycles. The molecule has 6 atom stereocenters. The van der Waals surface area contributed by atoms with Crippen LogP contribution < -0.4 is 0 Å². The second kappa shape index (κ2) is 8.38. The lowest BCUT2D eigenvalue weighted by Crippen LogP contribution is -2.62. The van der Waals surface area contributed by atoms with Gasteiger partial charge in [-0.1, -0.05) is 43.7 Å². The molecule has 0 amide bonds. The Hall–Kier alpha value is -1.02. The average molecular weight is 338 g/mol. The van der Waals surface area contributed by atoms with Gasteiger partial charge in [0.25, 0.3) is 0 Å². The zero-order valence-electron chi connectivity index (χ0n) is 14.2. The van der Waals surface area contributed by atoms with Crippen molar-refractivity contribution in [2.45, 2.75) is 56.8 Å². The summed E-state index contributed by atoms with van der Waals surface area (Å²) in [5.74, 6) is 0. The van der Waals surface area contributed by atoms with Crippen molar-refractivity contribution in [1.82, 2.24) is 0 Å². The molecule has 3 unspecified atom stereocenters. The van der Waals surface area contributed by atoms with E-state index in [1.54, 1.807) is 0 Å². The van der Waals surface area contributed by atoms with Crippen molar-refractivity contribution in [1.29, 1.82) is 0 Å². The third-order valence-electron chi connectivity index (χ3n) is 4.42. The van der Waals surface area contributed by atoms with Crippen LogP contribution in [0.3, 0.4) is 0 Å². The van der Waals surface area contributed by atoms with Crippen LogP contribution in [0.4, 0.5) is 0 Å². The van der Waals surface area contributed by atoms with Crippen LogP contribution in [0.2, 0.25) is 0 Å². The number of benzene rings is 1. The van der Waals surface area contributed by atoms with Gasteiger partial charge in [-0.15, -0.1) is 0 Å². The Kier molecular flexibility index (Phi) is 6.21. The van der Waals surface area contributed by atoms with Gasteiger partial charge in [0.2, 0.25) is 0 Å². The Morgan fingerprint density at radius 1 is 1.21 bits per heavy atom. The molecule has 2 aliphatic rings. The molecule has 6 heteroatoms. The Balaban J connectivity index is 1.73. The smallest absolute Gasteiger partial charge is 0.186 e. The van der Waals surface area contributed by atoms with Gasteiger partial charge in [0.15, 0.2) is 12.6 Å². The Morgan fingerprint density at radius 3 is 2.71 bits per heavy atom. The van der Waals surface area contributed by atoms with E-state index < -0.39 is 30.9 Å². The second-order valence-corrected chi connectivity index (χ2v) is 6.13. The molecular weight excluding hydrogens is 312 g/mol. The Labute approximate surface area is 142 Å². The molecule has 2 heterocycles. The van der Waals surface area contributed by atoms with Crippen LogP contribution in [0, 0.1) is 0 Å². The topological polar surface area (TPSA) is 66.4 Å². The SMILES string of the molecule is CCCCO[C@@H]1C(O)[C@@H](OC)OC2COC(c3ccccc3)O[C@H]21. The lowest BCUT2D eigenvalue weighted by Gasteiger charge is -2.47. The maximum Gasteiger partial charge on any atom is 0.186 e. The molecule has 134 valence electrons. The van der Waals surface area contributed by atoms with Crippen LogP contribution in [0.15, 0.2) is 30.3 Å². The van der Waals surface area contributed by atoms with Crippen LogP contribution in [0.5, 0.6) is 0 Å². The highest BCUT2D eigenvalue weighted by atomic mass is 16.8. The summed E-state index contributed by atoms with van der Waals surface area (Å²) in [6.07, 6.45) is -1.40. The van der Waals surface area contributed by atoms with E-state index in [2.05, 4.69) is 6.92 Å². The zero-order chi connectivity index (χ0) is 16.9. The van der Waals surface area contributed by atoms with Crippen LogP contribution in [0.1, 0.15) is 31.6 Å². The van der Waals surface area contributed by atoms with Crippen molar-refractivity contribution in [2.24, 2.45) is 0 Å². The molecule has 1 N–H and O–H groups in total. The number of aliphatic hydroxyl groups excluding tert-OH is 1. The number of methoxy groups -OCH3 is 1. The summed E-state index contributed by atoms with van der Waals surface area (Å²) in [6.45, 7) is 3.03. The molecule has 0 aromatic heterocycles. The summed E-state index contributed by atoms with van der Waals surface area (Å²) < 4.78 is 28.8. The van der Waals surface area contributed by atoms with Crippen molar-refractivity contribution in [2.75, 3.05) is 20.3 Å². The summed E-state index contributed by atoms with van der Waals surface area (Å²) in [7, 11) is 1.51. The van der Waals surface area contributed by atoms with E-state index in [9.17, 15) is 5.11 Å². The molecule has 6 nitrogen and oxygen atoms in total. The van der Waals surface area contributed by atoms with E-state index in [4.69, 9.17) is 23.7 Å². The van der Waals surface area contributed by atoms with E-state index in [0.29, 0.717) is 13.2 Å². The van der Waals surface area contributed by atoms with Crippen LogP contribution >= 0.6 is 0 Å². The normalized spacial score (nSPS) is 36.3. The number of ether oxygens (including phenoxy) is 5. The third-order valence-corrected chi connectivity index (χ3v) is 4.42. The van der Waals surface area contributed by atoms with Gasteiger partial charge in [-0.25, -0.2) is 0 Å². The van der Waals surface area contributed by atoms with Gasteiger partial charge < -0.3 is 28.8 Å². The maximum atomic E-state index is 10.5. The molecule has 24 heavy (non-hydrogen) atoms. The van der Waals surface area contributed by atoms with Crippen LogP contribution in [0.25, 0.3) is 0 Å². The average Bonchev–Trinajstić information content (AvgIpc) is 2.63. The lowest BCUT2D eigenvalue weighted by molar-refractivity contribution is -0.362. The largest absolute Gasteiger partial charge is 0.385 e. The first-order chi connectivity index (χ1) is 11.7. The van der Waals surface area contributed by atoms with Crippen molar-refractivity contribution in [3.8, 4) is 0 Å². The molecule has 0 radical (unpaired) electrons. The van der Waals surface area contributed by atoms with Gasteiger partial charge in [0.05, 0.1) is 6.61 Å². The maximum absolute atomic E-state index is 10.5. The van der Waals surface area contributed by atoms with E-state index >= 15 is 0 Å². The van der Waals surface area contributed by atoms with Crippen molar-refractivity contribution >= 4 is 0 Å². The van der Waals surface area contributed by atoms with E-state index in [1.165, 1.54) is 7.11 Å². The van der Waals surface area contributed by atoms with Gasteiger partial charge in [-0.2, -0.15) is 0 Å². The highest BCUT2D eigenvalue weighted by molar-refractivity contribution is 5.16. The highest BCUT2D eigenvalue weighted by Gasteiger charge is 2.50. The van der Waals surface area contributed by atoms with Gasteiger partial charge in [0.1, 0.15) is 24.4 Å². The third kappa shape index (κ3) is 3.79. The Bertz CT molecular complexity index is 496. The molecule has 0 bridgehead atoms. The first kappa shape index (κ1) is 17.8. The van der Waals surface area contributed by atoms with Crippen LogP contribution in [-0.4, -0.2) is 56.1 Å². The number of hydrogen-bond acceptors (Lipinski definition) is 6. The fourth-order valence-corrected chi connectivity index (χ4v) is 3.09. The quantitative estimate of drug-likeness (QED) is 0.801. The monoisotopic (exact) mass is 338 g/mol. The summed E-state index contributed by atoms with van der Waals surface area (Å²) in [4.78, 5) is 0. The minimum atomic E-state index is -0.900. The van der Waals surface area contributed by atoms with E-state index in [1.807, 2.05) is 30.3 Å². The van der Waals surface area contributed by atoms with Crippen molar-refractivity contribution < 1.29 is 28.8 Å². The summed E-state index contributed by atoms with van der Waals surface area (Å²) in [5, 5.41) is 10.5. The fraction of sp³-hybridized carbons (Fsp3) is 0.667. The number of aliphatic hydroxyl groups is 1. The highest BCUT2D eigenvalue weighted by Crippen LogP contribution is 2.35. The summed E-state index contributed by atoms with van der Waals surface area (Å²) >= 11 is 0. The molecule has 2 saturated heterocycles. The minimum Gasteiger partial charge on any atom is -0.385 e. The first-order valence-electron chi connectivity index (χ1n) is 8.54. The van der Waals surface area contributed by atoms with Gasteiger partial charge in [-0.3, -0.25) is 0 Å². The van der Waals surface area contributed by atoms with Gasteiger partial charge in [0, 0.05) is 19.3 Å². The molecular formula is C18H26O6. The van der Waals surface area contributed by atoms with E-state index in [-0.39, 0.29) is 6.10 Å². The number of hydrogen-bond donors (Lipinski definition) is 1. The van der Waals surface area contributed by atoms with Gasteiger partial charge >= 0.3 is 0 Å². The molecule has 0 saturated carbocycles. The molecule has 3 rings (SSSR count). The van der Waals surface area contributed by atoms with Gasteiger partial charge in [-0.05, 0) is 6.42 Å². The predicted octanol–water partition coefficient (Wildman–Crippen LogP) is 2.02. The van der Waals surface area contributed by atoms with Crippen molar-refractivity contribution in [3.05, 3.63) is 35.9 Å². The van der Waals surface area contributed by atoms with Crippen molar-refractivity contribution in [3.63, 3.8) is 0 Å². The molecule has 1 aromatic carbocycles. The van der Waals surface area contributed by atoms with E-state index in [0.717, 1.165) is 18.4 Å². The number of fused-ring (bicyclic) bond motifs is 1. The minimum absolute atomic E-state index is 0.329. The molecule has 2 aliphatic heterocycles. The Morgan fingerprint density at radius 2 is 2.00 bits per heavy atom. The zero-order valence-corrected chi connectivity index (χ0v) is 14.2. The number of rotatable bonds is 6. The molecule has 1 aromatic rings. The second-order valence-electron chi connectivity index (χ2n) is 6.13. The first-order valence-corrected chi connectivity index (χ1v) is 8.54. The molecule has 0 spiro atoms. The molecule has 2 fully saturated rings. The summed E-state index contributed by atoms with van der Waals surface area (Å²) in [6, 6.07) is 9.74. The summed E-state index contributed by atoms with van der Waals surface area (Å²) in [5.41, 5.74) is 0.937. The number of unbranched alkanes of at least 4 members (excludes halogenated alkanes) is 1. The lowest BCUT2D eigenvalue weighted by atomic mass is 9.97. The standard InChI is InChI=1S/C18H26O6/c1-3-4-10-21-16-14(19)18(20-2)23-13-11-22-17(24-15(13)16)12-8-6-5-7-9-12/h5-9,13-19H,3-4,10-11H2,1-2H3/t13?,14?,15-,16-,17?,18+/m1/s1. The van der Waals surface area contributed by atoms with Crippen LogP contribution in [-0.2, 0) is 23.7 Å². The predicted molar refractivity (Wildman–Crippen MR) is 86.3 cm³/mol. The fourth-order valence-electron chi connectivity index (χ4n) is 3.09.